The van der Waals surface area contributed by atoms with Crippen molar-refractivity contribution in [2.45, 2.75) is 20.8 Å². The Labute approximate surface area is 431 Å². The Morgan fingerprint density at radius 1 is 0.444 bits per heavy atom. The van der Waals surface area contributed by atoms with Crippen LogP contribution in [0.1, 0.15) is 16.7 Å². The van der Waals surface area contributed by atoms with Crippen LogP contribution in [0, 0.1) is 39.6 Å². The fourth-order valence-electron chi connectivity index (χ4n) is 11.1. The van der Waals surface area contributed by atoms with Crippen molar-refractivity contribution in [2.75, 3.05) is 16.8 Å². The molecule has 350 valence electrons. The van der Waals surface area contributed by atoms with Crippen molar-refractivity contribution < 1.29 is 25.8 Å². The molecule has 8 heteroatoms. The summed E-state index contributed by atoms with van der Waals surface area (Å²) in [7, 11) is 2.08. The number of aryl methyl sites for hydroxylation is 3. The van der Waals surface area contributed by atoms with Crippen LogP contribution < -0.4 is 14.5 Å². The second kappa shape index (κ2) is 16.9. The second-order valence-electron chi connectivity index (χ2n) is 18.7. The van der Waals surface area contributed by atoms with Gasteiger partial charge in [-0.2, -0.15) is 18.8 Å². The van der Waals surface area contributed by atoms with Crippen LogP contribution in [0.5, 0.6) is 11.5 Å². The quantitative estimate of drug-likeness (QED) is 0.149. The molecule has 1 aliphatic rings. The molecule has 4 aromatic heterocycles. The van der Waals surface area contributed by atoms with Gasteiger partial charge in [0.05, 0.1) is 33.4 Å². The van der Waals surface area contributed by atoms with Gasteiger partial charge in [0.2, 0.25) is 0 Å². The van der Waals surface area contributed by atoms with Crippen molar-refractivity contribution in [3.05, 3.63) is 230 Å². The summed E-state index contributed by atoms with van der Waals surface area (Å²) in [6.45, 7) is 8.63. The van der Waals surface area contributed by atoms with E-state index in [1.54, 1.807) is 0 Å². The topological polar surface area (TPSA) is 43.4 Å². The van der Waals surface area contributed by atoms with Crippen molar-refractivity contribution >= 4 is 82.5 Å². The summed E-state index contributed by atoms with van der Waals surface area (Å²) in [6.07, 6.45) is 2.07. The Bertz CT molecular complexity index is 4090. The molecule has 9 aromatic carbocycles. The van der Waals surface area contributed by atoms with E-state index in [0.29, 0.717) is 11.5 Å². The Morgan fingerprint density at radius 2 is 0.931 bits per heavy atom. The van der Waals surface area contributed by atoms with Gasteiger partial charge in [0.25, 0.3) is 0 Å². The molecule has 0 unspecified atom stereocenters. The van der Waals surface area contributed by atoms with Gasteiger partial charge in [0.1, 0.15) is 5.82 Å². The first-order chi connectivity index (χ1) is 34.9. The molecule has 0 saturated heterocycles. The maximum atomic E-state index is 6.65. The zero-order valence-corrected chi connectivity index (χ0v) is 42.2. The van der Waals surface area contributed by atoms with Gasteiger partial charge in [-0.15, -0.1) is 41.4 Å². The average Bonchev–Trinajstić information content (AvgIpc) is 4.12. The molecule has 0 radical (unpaired) electrons. The molecule has 0 fully saturated rings. The van der Waals surface area contributed by atoms with E-state index in [0.717, 1.165) is 94.8 Å². The number of ether oxygens (including phenoxy) is 1. The number of aromatic nitrogens is 4. The molecule has 0 bridgehead atoms. The summed E-state index contributed by atoms with van der Waals surface area (Å²) in [5.74, 6) is 1.99. The Kier molecular flexibility index (Phi) is 10.2. The van der Waals surface area contributed by atoms with Gasteiger partial charge in [-0.1, -0.05) is 103 Å². The first-order valence-electron chi connectivity index (χ1n) is 24.1. The largest absolute Gasteiger partial charge is 0.509 e. The molecule has 7 nitrogen and oxygen atoms in total. The standard InChI is InChI=1S/C64H45N6O.Pt/c1-40-33-61-62(34-41(40)2)67(39-66(61)4)43-17-15-18-44(36-43)71-45-31-32-51-50-23-9-14-28-57(50)70(60(51)37-45)63-35-42(3)52(38-65-63)64-58(68-53-24-10-5-19-46(53)47-20-6-11-25-54(47)68)29-16-30-59(64)69-55-26-12-7-21-48(55)49-22-8-13-27-56(49)69;/h5-35,38-39H,1-4H3;/q-3;. The van der Waals surface area contributed by atoms with Gasteiger partial charge in [-0.05, 0) is 111 Å². The predicted molar refractivity (Wildman–Crippen MR) is 292 cm³/mol. The molecule has 1 aliphatic heterocycles. The number of fused-ring (bicyclic) bond motifs is 10. The van der Waals surface area contributed by atoms with E-state index in [9.17, 15) is 0 Å². The SMILES string of the molecule is Cc1cc2c(cc1C)N(c1[c-]c(Oc3[c-]c4c(cc3)c3ccccc3n4-c3cc(C)c(-c4c(-n5c6ccccc6c6ccccc65)cccc4-n4c5ccccc5c5ccccc54)cn3)ccc1)[CH-]N2C.[Pt]. The van der Waals surface area contributed by atoms with Gasteiger partial charge < -0.3 is 28.2 Å². The van der Waals surface area contributed by atoms with E-state index in [1.807, 2.05) is 18.2 Å². The first-order valence-corrected chi connectivity index (χ1v) is 24.1. The van der Waals surface area contributed by atoms with E-state index in [4.69, 9.17) is 9.72 Å². The van der Waals surface area contributed by atoms with Gasteiger partial charge in [0.15, 0.2) is 0 Å². The minimum Gasteiger partial charge on any atom is -0.509 e. The number of pyridine rings is 1. The van der Waals surface area contributed by atoms with Crippen molar-refractivity contribution in [3.8, 4) is 39.8 Å². The summed E-state index contributed by atoms with van der Waals surface area (Å²) in [5, 5.41) is 7.04. The van der Waals surface area contributed by atoms with E-state index in [1.165, 1.54) is 32.7 Å². The maximum Gasteiger partial charge on any atom is 0.135 e. The predicted octanol–water partition coefficient (Wildman–Crippen LogP) is 16.1. The zero-order chi connectivity index (χ0) is 47.5. The van der Waals surface area contributed by atoms with Crippen LogP contribution in [0.3, 0.4) is 0 Å². The molecule has 13 aromatic rings. The second-order valence-corrected chi connectivity index (χ2v) is 18.7. The number of anilines is 3. The van der Waals surface area contributed by atoms with Crippen LogP contribution in [0.15, 0.2) is 194 Å². The third-order valence-corrected chi connectivity index (χ3v) is 14.6. The maximum absolute atomic E-state index is 6.65. The average molecular weight is 1110 g/mol. The van der Waals surface area contributed by atoms with Crippen LogP contribution in [0.4, 0.5) is 17.1 Å². The van der Waals surface area contributed by atoms with E-state index in [-0.39, 0.29) is 21.1 Å². The molecule has 0 N–H and O–H groups in total. The van der Waals surface area contributed by atoms with Crippen LogP contribution >= 0.6 is 0 Å². The molecular weight excluding hydrogens is 1060 g/mol. The number of hydrogen-bond donors (Lipinski definition) is 0. The molecule has 14 rings (SSSR count). The van der Waals surface area contributed by atoms with E-state index in [2.05, 4.69) is 246 Å². The number of rotatable bonds is 7. The van der Waals surface area contributed by atoms with Gasteiger partial charge in [0, 0.05) is 88.3 Å². The zero-order valence-electron chi connectivity index (χ0n) is 40.0. The molecule has 0 atom stereocenters. The molecule has 0 saturated carbocycles. The fraction of sp³-hybridized carbons (Fsp3) is 0.0625. The van der Waals surface area contributed by atoms with E-state index >= 15 is 0 Å². The van der Waals surface area contributed by atoms with Crippen molar-refractivity contribution in [3.63, 3.8) is 0 Å². The minimum absolute atomic E-state index is 0. The third kappa shape index (κ3) is 6.64. The number of benzene rings is 9. The Balaban J connectivity index is 0.00000504. The summed E-state index contributed by atoms with van der Waals surface area (Å²) in [5.41, 5.74) is 17.6. The number of para-hydroxylation sites is 5. The summed E-state index contributed by atoms with van der Waals surface area (Å²) < 4.78 is 13.7. The summed E-state index contributed by atoms with van der Waals surface area (Å²) >= 11 is 0. The normalized spacial score (nSPS) is 12.5. The van der Waals surface area contributed by atoms with Gasteiger partial charge in [-0.25, -0.2) is 4.98 Å². The van der Waals surface area contributed by atoms with Crippen molar-refractivity contribution in [1.29, 1.82) is 0 Å². The number of hydrogen-bond acceptors (Lipinski definition) is 4. The number of nitrogens with zero attached hydrogens (tertiary/aromatic N) is 6. The monoisotopic (exact) mass is 1110 g/mol. The molecule has 72 heavy (non-hydrogen) atoms. The van der Waals surface area contributed by atoms with Crippen molar-refractivity contribution in [2.24, 2.45) is 0 Å². The molecule has 0 spiro atoms. The summed E-state index contributed by atoms with van der Waals surface area (Å²) in [4.78, 5) is 9.75. The molecule has 0 amide bonds. The van der Waals surface area contributed by atoms with Crippen LogP contribution in [0.2, 0.25) is 0 Å². The minimum atomic E-state index is 0. The van der Waals surface area contributed by atoms with Crippen molar-refractivity contribution in [1.82, 2.24) is 18.7 Å². The smallest absolute Gasteiger partial charge is 0.135 e. The summed E-state index contributed by atoms with van der Waals surface area (Å²) in [6, 6.07) is 74.3. The fourth-order valence-corrected chi connectivity index (χ4v) is 11.1. The van der Waals surface area contributed by atoms with Gasteiger partial charge in [-0.3, -0.25) is 0 Å². The molecule has 5 heterocycles. The first kappa shape index (κ1) is 43.6. The Morgan fingerprint density at radius 3 is 1.49 bits per heavy atom. The van der Waals surface area contributed by atoms with Gasteiger partial charge >= 0.3 is 0 Å². The molecule has 0 aliphatic carbocycles. The van der Waals surface area contributed by atoms with E-state index < -0.39 is 0 Å². The Hall–Kier alpha value is -8.38. The van der Waals surface area contributed by atoms with Crippen LogP contribution in [-0.4, -0.2) is 25.7 Å². The third-order valence-electron chi connectivity index (χ3n) is 14.6. The molecular formula is C64H45N6OPt-3. The van der Waals surface area contributed by atoms with Crippen LogP contribution in [-0.2, 0) is 21.1 Å². The van der Waals surface area contributed by atoms with Crippen LogP contribution in [0.25, 0.3) is 93.7 Å².